The Hall–Kier alpha value is -0.800. The van der Waals surface area contributed by atoms with Crippen molar-refractivity contribution in [2.45, 2.75) is 19.4 Å². The summed E-state index contributed by atoms with van der Waals surface area (Å²) < 4.78 is 0. The molecular formula is C11H16ClN3. The lowest BCUT2D eigenvalue weighted by Crippen LogP contribution is -2.46. The molecule has 15 heavy (non-hydrogen) atoms. The lowest BCUT2D eigenvalue weighted by molar-refractivity contribution is 0.381. The van der Waals surface area contributed by atoms with E-state index in [0.29, 0.717) is 17.0 Å². The van der Waals surface area contributed by atoms with Gasteiger partial charge in [-0.25, -0.2) is 4.98 Å². The first-order valence-electron chi connectivity index (χ1n) is 5.29. The molecule has 1 fully saturated rings. The minimum absolute atomic E-state index is 0.327. The first-order chi connectivity index (χ1) is 7.16. The fraction of sp³-hybridized carbons (Fsp3) is 0.545. The Morgan fingerprint density at radius 1 is 1.53 bits per heavy atom. The van der Waals surface area contributed by atoms with E-state index in [2.05, 4.69) is 16.8 Å². The van der Waals surface area contributed by atoms with Crippen molar-refractivity contribution in [2.24, 2.45) is 11.7 Å². The Kier molecular flexibility index (Phi) is 3.12. The van der Waals surface area contributed by atoms with Crippen LogP contribution in [-0.4, -0.2) is 24.1 Å². The van der Waals surface area contributed by atoms with Gasteiger partial charge in [0.25, 0.3) is 0 Å². The number of piperidine rings is 1. The number of nitrogens with two attached hydrogens (primary N) is 1. The van der Waals surface area contributed by atoms with Crippen molar-refractivity contribution in [3.63, 3.8) is 0 Å². The molecule has 1 aromatic rings. The zero-order chi connectivity index (χ0) is 10.8. The second-order valence-electron chi connectivity index (χ2n) is 4.21. The number of nitrogens with zero attached hydrogens (tertiary/aromatic N) is 2. The van der Waals surface area contributed by atoms with Crippen molar-refractivity contribution in [1.29, 1.82) is 0 Å². The summed E-state index contributed by atoms with van der Waals surface area (Å²) in [6.45, 7) is 4.16. The number of halogens is 1. The van der Waals surface area contributed by atoms with Gasteiger partial charge in [-0.15, -0.1) is 0 Å². The predicted octanol–water partition coefficient (Wildman–Crippen LogP) is 1.91. The van der Waals surface area contributed by atoms with Gasteiger partial charge in [0.05, 0.1) is 5.02 Å². The summed E-state index contributed by atoms with van der Waals surface area (Å²) in [5, 5.41) is 0.681. The molecule has 1 saturated heterocycles. The van der Waals surface area contributed by atoms with E-state index in [1.54, 1.807) is 6.20 Å². The van der Waals surface area contributed by atoms with Gasteiger partial charge in [0.1, 0.15) is 5.82 Å². The number of hydrogen-bond donors (Lipinski definition) is 1. The van der Waals surface area contributed by atoms with E-state index < -0.39 is 0 Å². The Morgan fingerprint density at radius 3 is 2.93 bits per heavy atom. The molecule has 2 rings (SSSR count). The molecule has 3 nitrogen and oxygen atoms in total. The zero-order valence-corrected chi connectivity index (χ0v) is 9.61. The molecule has 1 aromatic heterocycles. The summed E-state index contributed by atoms with van der Waals surface area (Å²) in [6, 6.07) is 4.17. The molecule has 2 heterocycles. The van der Waals surface area contributed by atoms with E-state index in [1.807, 2.05) is 12.1 Å². The lowest BCUT2D eigenvalue weighted by atomic mass is 9.95. The molecule has 0 saturated carbocycles. The minimum atomic E-state index is 0.327. The molecule has 1 aliphatic heterocycles. The largest absolute Gasteiger partial charge is 0.356 e. The van der Waals surface area contributed by atoms with Gasteiger partial charge in [0.2, 0.25) is 0 Å². The van der Waals surface area contributed by atoms with E-state index in [4.69, 9.17) is 17.3 Å². The monoisotopic (exact) mass is 225 g/mol. The molecule has 2 unspecified atom stereocenters. The smallest absolute Gasteiger partial charge is 0.128 e. The number of aromatic nitrogens is 1. The van der Waals surface area contributed by atoms with E-state index >= 15 is 0 Å². The maximum atomic E-state index is 5.97. The highest BCUT2D eigenvalue weighted by Crippen LogP contribution is 2.21. The van der Waals surface area contributed by atoms with Gasteiger partial charge in [0, 0.05) is 25.3 Å². The first-order valence-corrected chi connectivity index (χ1v) is 5.66. The van der Waals surface area contributed by atoms with Gasteiger partial charge in [0.15, 0.2) is 0 Å². The van der Waals surface area contributed by atoms with Crippen molar-refractivity contribution in [3.8, 4) is 0 Å². The summed E-state index contributed by atoms with van der Waals surface area (Å²) >= 11 is 5.80. The van der Waals surface area contributed by atoms with Gasteiger partial charge in [-0.05, 0) is 24.5 Å². The summed E-state index contributed by atoms with van der Waals surface area (Å²) in [6.07, 6.45) is 2.72. The quantitative estimate of drug-likeness (QED) is 0.794. The summed E-state index contributed by atoms with van der Waals surface area (Å²) in [5.74, 6) is 1.52. The first kappa shape index (κ1) is 10.7. The number of hydrogen-bond acceptors (Lipinski definition) is 3. The maximum Gasteiger partial charge on any atom is 0.128 e. The van der Waals surface area contributed by atoms with Gasteiger partial charge in [-0.3, -0.25) is 0 Å². The van der Waals surface area contributed by atoms with Crippen LogP contribution in [-0.2, 0) is 0 Å². The van der Waals surface area contributed by atoms with Crippen LogP contribution in [0.3, 0.4) is 0 Å². The Bertz CT molecular complexity index is 325. The molecule has 1 aliphatic rings. The molecule has 0 aromatic carbocycles. The number of anilines is 1. The van der Waals surface area contributed by atoms with Crippen LogP contribution in [0.25, 0.3) is 0 Å². The summed E-state index contributed by atoms with van der Waals surface area (Å²) in [4.78, 5) is 6.58. The highest BCUT2D eigenvalue weighted by atomic mass is 35.5. The van der Waals surface area contributed by atoms with E-state index in [1.165, 1.54) is 0 Å². The standard InChI is InChI=1S/C11H16ClN3/c1-8-7-15(5-4-10(8)13)11-3-2-9(12)6-14-11/h2-3,6,8,10H,4-5,7,13H2,1H3. The SMILES string of the molecule is CC1CN(c2ccc(Cl)cn2)CCC1N. The van der Waals surface area contributed by atoms with Gasteiger partial charge in [-0.2, -0.15) is 0 Å². The maximum absolute atomic E-state index is 5.97. The average Bonchev–Trinajstić information content (AvgIpc) is 2.23. The van der Waals surface area contributed by atoms with E-state index in [0.717, 1.165) is 25.3 Å². The second kappa shape index (κ2) is 4.37. The zero-order valence-electron chi connectivity index (χ0n) is 8.86. The third kappa shape index (κ3) is 2.41. The fourth-order valence-corrected chi connectivity index (χ4v) is 2.04. The Morgan fingerprint density at radius 2 is 2.33 bits per heavy atom. The Balaban J connectivity index is 2.08. The summed E-state index contributed by atoms with van der Waals surface area (Å²) in [5.41, 5.74) is 5.97. The highest BCUT2D eigenvalue weighted by molar-refractivity contribution is 6.30. The topological polar surface area (TPSA) is 42.2 Å². The molecule has 0 aliphatic carbocycles. The van der Waals surface area contributed by atoms with Crippen molar-refractivity contribution >= 4 is 17.4 Å². The van der Waals surface area contributed by atoms with Crippen molar-refractivity contribution in [3.05, 3.63) is 23.4 Å². The molecule has 0 radical (unpaired) electrons. The van der Waals surface area contributed by atoms with Crippen LogP contribution in [0.1, 0.15) is 13.3 Å². The van der Waals surface area contributed by atoms with E-state index in [-0.39, 0.29) is 0 Å². The number of pyridine rings is 1. The van der Waals surface area contributed by atoms with Gasteiger partial charge in [-0.1, -0.05) is 18.5 Å². The van der Waals surface area contributed by atoms with Gasteiger partial charge < -0.3 is 10.6 Å². The fourth-order valence-electron chi connectivity index (χ4n) is 1.93. The molecule has 0 spiro atoms. The van der Waals surface area contributed by atoms with Crippen molar-refractivity contribution in [2.75, 3.05) is 18.0 Å². The van der Waals surface area contributed by atoms with E-state index in [9.17, 15) is 0 Å². The molecular weight excluding hydrogens is 210 g/mol. The minimum Gasteiger partial charge on any atom is -0.356 e. The predicted molar refractivity (Wildman–Crippen MR) is 63.2 cm³/mol. The Labute approximate surface area is 95.2 Å². The van der Waals surface area contributed by atoms with Crippen LogP contribution < -0.4 is 10.6 Å². The molecule has 2 atom stereocenters. The molecule has 0 amide bonds. The number of rotatable bonds is 1. The second-order valence-corrected chi connectivity index (χ2v) is 4.65. The van der Waals surface area contributed by atoms with Crippen molar-refractivity contribution in [1.82, 2.24) is 4.98 Å². The molecule has 82 valence electrons. The van der Waals surface area contributed by atoms with Crippen LogP contribution in [0.2, 0.25) is 5.02 Å². The van der Waals surface area contributed by atoms with Crippen LogP contribution in [0.5, 0.6) is 0 Å². The molecule has 0 bridgehead atoms. The van der Waals surface area contributed by atoms with Crippen LogP contribution in [0.15, 0.2) is 18.3 Å². The third-order valence-electron chi connectivity index (χ3n) is 3.01. The summed E-state index contributed by atoms with van der Waals surface area (Å²) in [7, 11) is 0. The van der Waals surface area contributed by atoms with Crippen LogP contribution >= 0.6 is 11.6 Å². The average molecular weight is 226 g/mol. The lowest BCUT2D eigenvalue weighted by Gasteiger charge is -2.35. The van der Waals surface area contributed by atoms with Crippen molar-refractivity contribution < 1.29 is 0 Å². The molecule has 4 heteroatoms. The van der Waals surface area contributed by atoms with Crippen LogP contribution in [0.4, 0.5) is 5.82 Å². The molecule has 2 N–H and O–H groups in total. The van der Waals surface area contributed by atoms with Crippen LogP contribution in [0, 0.1) is 5.92 Å². The highest BCUT2D eigenvalue weighted by Gasteiger charge is 2.23. The third-order valence-corrected chi connectivity index (χ3v) is 3.23. The van der Waals surface area contributed by atoms with Gasteiger partial charge >= 0.3 is 0 Å². The normalized spacial score (nSPS) is 26.7.